The van der Waals surface area contributed by atoms with E-state index in [0.717, 1.165) is 18.4 Å². The van der Waals surface area contributed by atoms with E-state index < -0.39 is 11.7 Å². The number of aryl methyl sites for hydroxylation is 1. The number of carbonyl (C=O) groups excluding carboxylic acids is 1. The Morgan fingerprint density at radius 1 is 1.37 bits per heavy atom. The van der Waals surface area contributed by atoms with Crippen molar-refractivity contribution in [1.82, 2.24) is 5.32 Å². The minimum atomic E-state index is -0.503. The van der Waals surface area contributed by atoms with Crippen LogP contribution in [-0.2, 0) is 0 Å². The van der Waals surface area contributed by atoms with Gasteiger partial charge in [-0.3, -0.25) is 4.79 Å². The molecule has 1 atom stereocenters. The van der Waals surface area contributed by atoms with E-state index in [0.29, 0.717) is 12.5 Å². The van der Waals surface area contributed by atoms with Gasteiger partial charge >= 0.3 is 0 Å². The highest BCUT2D eigenvalue weighted by Crippen LogP contribution is 2.18. The van der Waals surface area contributed by atoms with Gasteiger partial charge in [0.25, 0.3) is 5.91 Å². The number of benzene rings is 1. The van der Waals surface area contributed by atoms with E-state index in [4.69, 9.17) is 11.6 Å². The molecular formula is C15H21ClFNO. The van der Waals surface area contributed by atoms with Gasteiger partial charge in [-0.25, -0.2) is 4.39 Å². The van der Waals surface area contributed by atoms with Crippen LogP contribution in [0, 0.1) is 18.7 Å². The maximum Gasteiger partial charge on any atom is 0.254 e. The normalized spacial score (nSPS) is 12.5. The molecule has 1 unspecified atom stereocenters. The second kappa shape index (κ2) is 7.49. The van der Waals surface area contributed by atoms with Crippen LogP contribution in [0.3, 0.4) is 0 Å². The molecule has 0 spiro atoms. The second-order valence-corrected chi connectivity index (χ2v) is 5.35. The molecule has 0 aliphatic rings. The van der Waals surface area contributed by atoms with Crippen molar-refractivity contribution in [3.8, 4) is 0 Å². The molecule has 19 heavy (non-hydrogen) atoms. The predicted molar refractivity (Wildman–Crippen MR) is 77.2 cm³/mol. The van der Waals surface area contributed by atoms with E-state index in [9.17, 15) is 9.18 Å². The molecule has 0 heterocycles. The molecule has 0 saturated heterocycles. The molecule has 0 saturated carbocycles. The molecule has 0 bridgehead atoms. The third kappa shape index (κ3) is 4.50. The van der Waals surface area contributed by atoms with Crippen molar-refractivity contribution in [3.05, 3.63) is 35.1 Å². The van der Waals surface area contributed by atoms with E-state index in [1.54, 1.807) is 12.1 Å². The van der Waals surface area contributed by atoms with Crippen LogP contribution in [0.5, 0.6) is 0 Å². The lowest BCUT2D eigenvalue weighted by Gasteiger charge is -2.19. The lowest BCUT2D eigenvalue weighted by Crippen LogP contribution is -2.33. The van der Waals surface area contributed by atoms with Crippen LogP contribution in [-0.4, -0.2) is 17.8 Å². The Bertz CT molecular complexity index is 432. The lowest BCUT2D eigenvalue weighted by atomic mass is 9.99. The van der Waals surface area contributed by atoms with Crippen molar-refractivity contribution < 1.29 is 9.18 Å². The smallest absolute Gasteiger partial charge is 0.254 e. The van der Waals surface area contributed by atoms with Crippen LogP contribution in [0.15, 0.2) is 18.2 Å². The molecule has 1 amide bonds. The molecule has 106 valence electrons. The van der Waals surface area contributed by atoms with E-state index in [1.807, 2.05) is 6.92 Å². The molecule has 2 nitrogen and oxygen atoms in total. The molecule has 1 aromatic rings. The second-order valence-electron chi connectivity index (χ2n) is 4.79. The quantitative estimate of drug-likeness (QED) is 0.789. The monoisotopic (exact) mass is 285 g/mol. The third-order valence-corrected chi connectivity index (χ3v) is 3.90. The molecule has 1 rings (SSSR count). The highest BCUT2D eigenvalue weighted by atomic mass is 35.5. The van der Waals surface area contributed by atoms with Crippen LogP contribution >= 0.6 is 11.6 Å². The SMILES string of the molecule is CCC(CC)C(Cl)CNC(=O)c1cc(C)ccc1F. The zero-order chi connectivity index (χ0) is 14.4. The molecule has 1 N–H and O–H groups in total. The van der Waals surface area contributed by atoms with Gasteiger partial charge in [0.1, 0.15) is 5.82 Å². The number of amides is 1. The van der Waals surface area contributed by atoms with Gasteiger partial charge in [-0.2, -0.15) is 0 Å². The maximum absolute atomic E-state index is 13.5. The van der Waals surface area contributed by atoms with Crippen LogP contribution in [0.25, 0.3) is 0 Å². The Kier molecular flexibility index (Phi) is 6.29. The summed E-state index contributed by atoms with van der Waals surface area (Å²) in [5.74, 6) is -0.543. The van der Waals surface area contributed by atoms with Gasteiger partial charge < -0.3 is 5.32 Å². The average molecular weight is 286 g/mol. The van der Waals surface area contributed by atoms with Crippen LogP contribution in [0.1, 0.15) is 42.6 Å². The van der Waals surface area contributed by atoms with Gasteiger partial charge in [0.05, 0.1) is 10.9 Å². The van der Waals surface area contributed by atoms with Gasteiger partial charge in [-0.15, -0.1) is 11.6 Å². The Morgan fingerprint density at radius 2 is 2.00 bits per heavy atom. The third-order valence-electron chi connectivity index (χ3n) is 3.38. The maximum atomic E-state index is 13.5. The fourth-order valence-corrected chi connectivity index (χ4v) is 2.50. The number of hydrogen-bond acceptors (Lipinski definition) is 1. The summed E-state index contributed by atoms with van der Waals surface area (Å²) in [5.41, 5.74) is 0.933. The van der Waals surface area contributed by atoms with Crippen LogP contribution < -0.4 is 5.32 Å². The van der Waals surface area contributed by atoms with Gasteiger partial charge in [0.15, 0.2) is 0 Å². The van der Waals surface area contributed by atoms with Crippen molar-refractivity contribution in [3.63, 3.8) is 0 Å². The summed E-state index contributed by atoms with van der Waals surface area (Å²) in [6.07, 6.45) is 1.94. The predicted octanol–water partition coefficient (Wildman–Crippen LogP) is 3.91. The number of carbonyl (C=O) groups is 1. The number of nitrogens with one attached hydrogen (secondary N) is 1. The number of halogens is 2. The summed E-state index contributed by atoms with van der Waals surface area (Å²) in [6.45, 7) is 6.34. The fourth-order valence-electron chi connectivity index (χ4n) is 2.07. The average Bonchev–Trinajstić information content (AvgIpc) is 2.40. The molecule has 4 heteroatoms. The molecule has 1 aromatic carbocycles. The van der Waals surface area contributed by atoms with Gasteiger partial charge in [0, 0.05) is 6.54 Å². The van der Waals surface area contributed by atoms with E-state index in [1.165, 1.54) is 6.07 Å². The molecule has 0 aromatic heterocycles. The van der Waals surface area contributed by atoms with Crippen molar-refractivity contribution in [2.75, 3.05) is 6.54 Å². The number of rotatable bonds is 6. The summed E-state index contributed by atoms with van der Waals surface area (Å²) in [6, 6.07) is 4.50. The summed E-state index contributed by atoms with van der Waals surface area (Å²) >= 11 is 6.24. The van der Waals surface area contributed by atoms with Gasteiger partial charge in [0.2, 0.25) is 0 Å². The first-order chi connectivity index (χ1) is 8.99. The molecule has 0 fully saturated rings. The van der Waals surface area contributed by atoms with E-state index >= 15 is 0 Å². The Morgan fingerprint density at radius 3 is 2.58 bits per heavy atom. The van der Waals surface area contributed by atoms with Crippen LogP contribution in [0.2, 0.25) is 0 Å². The highest BCUT2D eigenvalue weighted by Gasteiger charge is 2.18. The van der Waals surface area contributed by atoms with E-state index in [-0.39, 0.29) is 10.9 Å². The van der Waals surface area contributed by atoms with Crippen LogP contribution in [0.4, 0.5) is 4.39 Å². The highest BCUT2D eigenvalue weighted by molar-refractivity contribution is 6.21. The largest absolute Gasteiger partial charge is 0.350 e. The zero-order valence-corrected chi connectivity index (χ0v) is 12.4. The molecule has 0 aliphatic carbocycles. The molecular weight excluding hydrogens is 265 g/mol. The molecule has 0 radical (unpaired) electrons. The standard InChI is InChI=1S/C15H21ClFNO/c1-4-11(5-2)13(16)9-18-15(19)12-8-10(3)6-7-14(12)17/h6-8,11,13H,4-5,9H2,1-3H3,(H,18,19). The fraction of sp³-hybridized carbons (Fsp3) is 0.533. The Labute approximate surface area is 119 Å². The van der Waals surface area contributed by atoms with Crippen molar-refractivity contribution in [2.24, 2.45) is 5.92 Å². The summed E-state index contributed by atoms with van der Waals surface area (Å²) in [7, 11) is 0. The number of alkyl halides is 1. The van der Waals surface area contributed by atoms with E-state index in [2.05, 4.69) is 19.2 Å². The lowest BCUT2D eigenvalue weighted by molar-refractivity contribution is 0.0947. The first kappa shape index (κ1) is 16.0. The minimum Gasteiger partial charge on any atom is -0.350 e. The summed E-state index contributed by atoms with van der Waals surface area (Å²) in [5, 5.41) is 2.59. The topological polar surface area (TPSA) is 29.1 Å². The first-order valence-electron chi connectivity index (χ1n) is 6.68. The van der Waals surface area contributed by atoms with Gasteiger partial charge in [-0.1, -0.05) is 38.3 Å². The minimum absolute atomic E-state index is 0.0772. The Balaban J connectivity index is 2.63. The molecule has 0 aliphatic heterocycles. The first-order valence-corrected chi connectivity index (χ1v) is 7.11. The zero-order valence-electron chi connectivity index (χ0n) is 11.7. The van der Waals surface area contributed by atoms with Crippen molar-refractivity contribution >= 4 is 17.5 Å². The number of hydrogen-bond donors (Lipinski definition) is 1. The van der Waals surface area contributed by atoms with Crippen molar-refractivity contribution in [1.29, 1.82) is 0 Å². The summed E-state index contributed by atoms with van der Waals surface area (Å²) in [4.78, 5) is 11.9. The summed E-state index contributed by atoms with van der Waals surface area (Å²) < 4.78 is 13.5. The van der Waals surface area contributed by atoms with Crippen molar-refractivity contribution in [2.45, 2.75) is 39.0 Å². The Hall–Kier alpha value is -1.09. The van der Waals surface area contributed by atoms with Gasteiger partial charge in [-0.05, 0) is 25.0 Å².